The molecule has 0 unspecified atom stereocenters. The van der Waals surface area contributed by atoms with Gasteiger partial charge in [0.25, 0.3) is 0 Å². The predicted octanol–water partition coefficient (Wildman–Crippen LogP) is 11.3. The first-order chi connectivity index (χ1) is 16.4. The lowest BCUT2D eigenvalue weighted by Gasteiger charge is -2.08. The second-order valence-electron chi connectivity index (χ2n) is 12.1. The van der Waals surface area contributed by atoms with Gasteiger partial charge in [0, 0.05) is 0 Å². The third kappa shape index (κ3) is 18.9. The van der Waals surface area contributed by atoms with Crippen LogP contribution in [0.2, 0.25) is 0 Å². The SMILES string of the molecule is CC(C)C.CC(C)CC(C)C.CC(C)Cc1cccc2ccccc12.CC(C)Cc1ccccc1. The molecule has 0 saturated carbocycles. The highest BCUT2D eigenvalue weighted by molar-refractivity contribution is 5.85. The van der Waals surface area contributed by atoms with Gasteiger partial charge in [0.2, 0.25) is 0 Å². The van der Waals surface area contributed by atoms with Gasteiger partial charge in [-0.05, 0) is 70.8 Å². The molecule has 0 heterocycles. The van der Waals surface area contributed by atoms with Crippen LogP contribution in [0.3, 0.4) is 0 Å². The topological polar surface area (TPSA) is 0 Å². The molecule has 0 nitrogen and oxygen atoms in total. The Morgan fingerprint density at radius 1 is 0.457 bits per heavy atom. The second-order valence-corrected chi connectivity index (χ2v) is 12.1. The van der Waals surface area contributed by atoms with E-state index in [1.54, 1.807) is 0 Å². The average Bonchev–Trinajstić information content (AvgIpc) is 2.73. The molecule has 0 aromatic heterocycles. The van der Waals surface area contributed by atoms with Crippen LogP contribution < -0.4 is 0 Å². The number of rotatable bonds is 6. The molecule has 3 rings (SSSR count). The van der Waals surface area contributed by atoms with Gasteiger partial charge in [-0.25, -0.2) is 0 Å². The van der Waals surface area contributed by atoms with E-state index >= 15 is 0 Å². The molecule has 196 valence electrons. The van der Waals surface area contributed by atoms with Crippen molar-refractivity contribution in [3.63, 3.8) is 0 Å². The Hall–Kier alpha value is -2.08. The van der Waals surface area contributed by atoms with Crippen LogP contribution in [0.15, 0.2) is 72.8 Å². The van der Waals surface area contributed by atoms with Crippen LogP contribution in [0, 0.1) is 29.6 Å². The monoisotopic (exact) mass is 476 g/mol. The molecule has 0 bridgehead atoms. The van der Waals surface area contributed by atoms with Gasteiger partial charge in [0.1, 0.15) is 0 Å². The van der Waals surface area contributed by atoms with Crippen LogP contribution >= 0.6 is 0 Å². The van der Waals surface area contributed by atoms with Gasteiger partial charge >= 0.3 is 0 Å². The maximum absolute atomic E-state index is 2.27. The van der Waals surface area contributed by atoms with Crippen LogP contribution in [-0.2, 0) is 12.8 Å². The molecular weight excluding hydrogens is 420 g/mol. The summed E-state index contributed by atoms with van der Waals surface area (Å²) < 4.78 is 0. The van der Waals surface area contributed by atoms with E-state index in [1.807, 2.05) is 0 Å². The summed E-state index contributed by atoms with van der Waals surface area (Å²) in [6, 6.07) is 25.8. The van der Waals surface area contributed by atoms with Crippen molar-refractivity contribution in [2.75, 3.05) is 0 Å². The summed E-state index contributed by atoms with van der Waals surface area (Å²) in [5.41, 5.74) is 2.91. The fourth-order valence-electron chi connectivity index (χ4n) is 3.94. The summed E-state index contributed by atoms with van der Waals surface area (Å²) in [5.74, 6) is 4.07. The molecule has 0 aliphatic rings. The standard InChI is InChI=1S/C14H16.C10H14.C7H16.C4H10/c1-11(2)10-13-8-5-7-12-6-3-4-9-14(12)13;1-9(2)8-10-6-4-3-5-7-10;1-6(2)5-7(3)4;1-4(2)3/h3-9,11H,10H2,1-2H3;3-7,9H,8H2,1-2H3;6-7H,5H2,1-4H3;4H,1-3H3. The molecule has 35 heavy (non-hydrogen) atoms. The first kappa shape index (κ1) is 32.9. The van der Waals surface area contributed by atoms with Crippen LogP contribution in [0.1, 0.15) is 93.7 Å². The van der Waals surface area contributed by atoms with Gasteiger partial charge in [-0.15, -0.1) is 0 Å². The van der Waals surface area contributed by atoms with E-state index in [1.165, 1.54) is 41.2 Å². The number of hydrogen-bond donors (Lipinski definition) is 0. The number of benzene rings is 3. The van der Waals surface area contributed by atoms with Crippen molar-refractivity contribution in [2.24, 2.45) is 29.6 Å². The average molecular weight is 477 g/mol. The Morgan fingerprint density at radius 2 is 0.914 bits per heavy atom. The summed E-state index contributed by atoms with van der Waals surface area (Å²) in [6.07, 6.45) is 3.72. The molecule has 0 fully saturated rings. The van der Waals surface area contributed by atoms with Crippen molar-refractivity contribution in [1.82, 2.24) is 0 Å². The minimum Gasteiger partial charge on any atom is -0.0630 e. The maximum Gasteiger partial charge on any atom is -0.0152 e. The molecule has 0 aliphatic heterocycles. The highest BCUT2D eigenvalue weighted by Crippen LogP contribution is 2.20. The van der Waals surface area contributed by atoms with Gasteiger partial charge in [0.15, 0.2) is 0 Å². The van der Waals surface area contributed by atoms with Gasteiger partial charge in [0.05, 0.1) is 0 Å². The predicted molar refractivity (Wildman–Crippen MR) is 162 cm³/mol. The Labute approximate surface area is 219 Å². The summed E-state index contributed by atoms with van der Waals surface area (Å²) >= 11 is 0. The van der Waals surface area contributed by atoms with Gasteiger partial charge in [-0.3, -0.25) is 0 Å². The van der Waals surface area contributed by atoms with Crippen LogP contribution in [-0.4, -0.2) is 0 Å². The van der Waals surface area contributed by atoms with Crippen molar-refractivity contribution in [2.45, 2.75) is 95.4 Å². The zero-order valence-electron chi connectivity index (χ0n) is 24.9. The highest BCUT2D eigenvalue weighted by atomic mass is 14.1. The van der Waals surface area contributed by atoms with Gasteiger partial charge < -0.3 is 0 Å². The zero-order valence-corrected chi connectivity index (χ0v) is 24.9. The zero-order chi connectivity index (χ0) is 26.8. The molecule has 0 aliphatic carbocycles. The summed E-state index contributed by atoms with van der Waals surface area (Å²) in [4.78, 5) is 0. The van der Waals surface area contributed by atoms with E-state index in [0.717, 1.165) is 29.6 Å². The first-order valence-corrected chi connectivity index (χ1v) is 13.9. The minimum absolute atomic E-state index is 0.723. The molecular formula is C35H56. The normalized spacial score (nSPS) is 10.6. The summed E-state index contributed by atoms with van der Waals surface area (Å²) in [5, 5.41) is 2.76. The first-order valence-electron chi connectivity index (χ1n) is 13.9. The summed E-state index contributed by atoms with van der Waals surface area (Å²) in [7, 11) is 0. The molecule has 0 radical (unpaired) electrons. The third-order valence-electron chi connectivity index (χ3n) is 4.94. The van der Waals surface area contributed by atoms with Crippen molar-refractivity contribution in [3.8, 4) is 0 Å². The molecule has 0 N–H and O–H groups in total. The van der Waals surface area contributed by atoms with Crippen LogP contribution in [0.25, 0.3) is 10.8 Å². The fourth-order valence-corrected chi connectivity index (χ4v) is 3.94. The number of fused-ring (bicyclic) bond motifs is 1. The lowest BCUT2D eigenvalue weighted by Crippen LogP contribution is -1.94. The van der Waals surface area contributed by atoms with Crippen LogP contribution in [0.4, 0.5) is 0 Å². The van der Waals surface area contributed by atoms with Crippen molar-refractivity contribution < 1.29 is 0 Å². The maximum atomic E-state index is 2.27. The smallest absolute Gasteiger partial charge is 0.0152 e. The Bertz CT molecular complexity index is 855. The molecule has 0 amide bonds. The Balaban J connectivity index is 0.000000485. The quantitative estimate of drug-likeness (QED) is 0.332. The van der Waals surface area contributed by atoms with E-state index in [9.17, 15) is 0 Å². The minimum atomic E-state index is 0.723. The lowest BCUT2D eigenvalue weighted by atomic mass is 9.97. The molecule has 0 saturated heterocycles. The largest absolute Gasteiger partial charge is 0.0630 e. The molecule has 0 atom stereocenters. The fraction of sp³-hybridized carbons (Fsp3) is 0.543. The molecule has 0 heteroatoms. The number of hydrogen-bond acceptors (Lipinski definition) is 0. The molecule has 3 aromatic carbocycles. The van der Waals surface area contributed by atoms with E-state index in [2.05, 4.69) is 149 Å². The van der Waals surface area contributed by atoms with Crippen LogP contribution in [0.5, 0.6) is 0 Å². The van der Waals surface area contributed by atoms with Crippen molar-refractivity contribution in [1.29, 1.82) is 0 Å². The van der Waals surface area contributed by atoms with Gasteiger partial charge in [-0.2, -0.15) is 0 Å². The molecule has 0 spiro atoms. The third-order valence-corrected chi connectivity index (χ3v) is 4.94. The second kappa shape index (κ2) is 19.1. The highest BCUT2D eigenvalue weighted by Gasteiger charge is 2.02. The van der Waals surface area contributed by atoms with Gasteiger partial charge in [-0.1, -0.05) is 149 Å². The summed E-state index contributed by atoms with van der Waals surface area (Å²) in [6.45, 7) is 24.6. The van der Waals surface area contributed by atoms with Crippen molar-refractivity contribution in [3.05, 3.63) is 83.9 Å². The van der Waals surface area contributed by atoms with Crippen molar-refractivity contribution >= 4 is 10.8 Å². The van der Waals surface area contributed by atoms with E-state index in [4.69, 9.17) is 0 Å². The Kier molecular flexibility index (Phi) is 18.0. The van der Waals surface area contributed by atoms with E-state index in [-0.39, 0.29) is 0 Å². The van der Waals surface area contributed by atoms with E-state index < -0.39 is 0 Å². The van der Waals surface area contributed by atoms with E-state index in [0.29, 0.717) is 0 Å². The Morgan fingerprint density at radius 3 is 1.37 bits per heavy atom. The molecule has 3 aromatic rings. The lowest BCUT2D eigenvalue weighted by molar-refractivity contribution is 0.469.